The lowest BCUT2D eigenvalue weighted by Crippen LogP contribution is -2.16. The SMILES string of the molecule is CCOP(=O)(OCC)[C@@H](N)c1cc(F)cc(C(F)(F)F)c1. The minimum absolute atomic E-state index is 0.00752. The molecule has 0 heterocycles. The van der Waals surface area contributed by atoms with Crippen LogP contribution in [0, 0.1) is 5.82 Å². The summed E-state index contributed by atoms with van der Waals surface area (Å²) in [5, 5.41) is 0. The normalized spacial score (nSPS) is 14.2. The number of rotatable bonds is 6. The van der Waals surface area contributed by atoms with Gasteiger partial charge in [-0.15, -0.1) is 0 Å². The molecule has 0 spiro atoms. The maximum Gasteiger partial charge on any atom is 0.416 e. The molecule has 1 aromatic rings. The van der Waals surface area contributed by atoms with Crippen molar-refractivity contribution in [2.45, 2.75) is 25.8 Å². The molecule has 0 saturated carbocycles. The van der Waals surface area contributed by atoms with Crippen LogP contribution in [0.15, 0.2) is 18.2 Å². The molecule has 4 nitrogen and oxygen atoms in total. The van der Waals surface area contributed by atoms with Crippen LogP contribution in [-0.4, -0.2) is 13.2 Å². The minimum atomic E-state index is -4.74. The fourth-order valence-electron chi connectivity index (χ4n) is 1.69. The number of hydrogen-bond acceptors (Lipinski definition) is 4. The van der Waals surface area contributed by atoms with E-state index >= 15 is 0 Å². The Balaban J connectivity index is 3.25. The van der Waals surface area contributed by atoms with Gasteiger partial charge in [0.15, 0.2) is 0 Å². The van der Waals surface area contributed by atoms with Gasteiger partial charge in [-0.25, -0.2) is 4.39 Å². The molecule has 0 bridgehead atoms. The highest BCUT2D eigenvalue weighted by Gasteiger charge is 2.37. The van der Waals surface area contributed by atoms with Gasteiger partial charge >= 0.3 is 13.8 Å². The van der Waals surface area contributed by atoms with Gasteiger partial charge in [-0.2, -0.15) is 13.2 Å². The summed E-state index contributed by atoms with van der Waals surface area (Å²) < 4.78 is 73.7. The summed E-state index contributed by atoms with van der Waals surface area (Å²) in [6.45, 7) is 3.05. The van der Waals surface area contributed by atoms with E-state index < -0.39 is 30.9 Å². The van der Waals surface area contributed by atoms with Gasteiger partial charge in [-0.3, -0.25) is 4.57 Å². The third kappa shape index (κ3) is 4.51. The van der Waals surface area contributed by atoms with E-state index in [-0.39, 0.29) is 18.8 Å². The van der Waals surface area contributed by atoms with Crippen molar-refractivity contribution >= 4 is 7.60 Å². The highest BCUT2D eigenvalue weighted by molar-refractivity contribution is 7.54. The van der Waals surface area contributed by atoms with Gasteiger partial charge < -0.3 is 14.8 Å². The Morgan fingerprint density at radius 1 is 1.19 bits per heavy atom. The maximum absolute atomic E-state index is 13.4. The van der Waals surface area contributed by atoms with Crippen molar-refractivity contribution in [3.05, 3.63) is 35.1 Å². The average Bonchev–Trinajstić information content (AvgIpc) is 2.36. The van der Waals surface area contributed by atoms with Gasteiger partial charge in [-0.1, -0.05) is 0 Å². The van der Waals surface area contributed by atoms with E-state index in [1.54, 1.807) is 0 Å². The predicted octanol–water partition coefficient (Wildman–Crippen LogP) is 4.07. The van der Waals surface area contributed by atoms with E-state index in [2.05, 4.69) is 0 Å². The van der Waals surface area contributed by atoms with Crippen molar-refractivity contribution in [2.75, 3.05) is 13.2 Å². The Hall–Kier alpha value is -0.950. The van der Waals surface area contributed by atoms with Gasteiger partial charge in [0.05, 0.1) is 18.8 Å². The fraction of sp³-hybridized carbons (Fsp3) is 0.500. The van der Waals surface area contributed by atoms with Crippen LogP contribution in [0.25, 0.3) is 0 Å². The summed E-state index contributed by atoms with van der Waals surface area (Å²) in [6, 6.07) is 1.76. The molecule has 1 atom stereocenters. The maximum atomic E-state index is 13.4. The summed E-state index contributed by atoms with van der Waals surface area (Å²) in [7, 11) is -3.88. The predicted molar refractivity (Wildman–Crippen MR) is 69.2 cm³/mol. The third-order valence-electron chi connectivity index (χ3n) is 2.55. The third-order valence-corrected chi connectivity index (χ3v) is 4.76. The lowest BCUT2D eigenvalue weighted by Gasteiger charge is -2.24. The van der Waals surface area contributed by atoms with Crippen molar-refractivity contribution < 1.29 is 31.2 Å². The standard InChI is InChI=1S/C12H16F4NO3P/c1-3-19-21(18,20-4-2)11(17)8-5-9(12(14,15)16)7-10(13)6-8/h5-7,11H,3-4,17H2,1-2H3/t11-/m1/s1. The quantitative estimate of drug-likeness (QED) is 0.631. The van der Waals surface area contributed by atoms with E-state index in [0.29, 0.717) is 12.1 Å². The second-order valence-electron chi connectivity index (χ2n) is 4.09. The van der Waals surface area contributed by atoms with Crippen molar-refractivity contribution in [1.29, 1.82) is 0 Å². The van der Waals surface area contributed by atoms with E-state index in [1.807, 2.05) is 0 Å². The zero-order chi connectivity index (χ0) is 16.3. The first-order valence-electron chi connectivity index (χ1n) is 6.16. The number of benzene rings is 1. The Labute approximate surface area is 119 Å². The van der Waals surface area contributed by atoms with Crippen LogP contribution in [0.4, 0.5) is 17.6 Å². The van der Waals surface area contributed by atoms with Crippen LogP contribution in [-0.2, 0) is 19.8 Å². The molecule has 21 heavy (non-hydrogen) atoms. The molecule has 0 amide bonds. The number of halogens is 4. The minimum Gasteiger partial charge on any atom is -0.314 e. The number of nitrogens with two attached hydrogens (primary N) is 1. The van der Waals surface area contributed by atoms with Crippen molar-refractivity contribution in [2.24, 2.45) is 5.73 Å². The van der Waals surface area contributed by atoms with Crippen LogP contribution < -0.4 is 5.73 Å². The van der Waals surface area contributed by atoms with Crippen LogP contribution in [0.1, 0.15) is 30.8 Å². The monoisotopic (exact) mass is 329 g/mol. The lowest BCUT2D eigenvalue weighted by atomic mass is 10.1. The topological polar surface area (TPSA) is 61.5 Å². The van der Waals surface area contributed by atoms with Gasteiger partial charge in [0.2, 0.25) is 0 Å². The largest absolute Gasteiger partial charge is 0.416 e. The average molecular weight is 329 g/mol. The second kappa shape index (κ2) is 6.87. The summed E-state index contributed by atoms with van der Waals surface area (Å²) >= 11 is 0. The fourth-order valence-corrected chi connectivity index (χ4v) is 3.32. The van der Waals surface area contributed by atoms with E-state index in [9.17, 15) is 22.1 Å². The molecule has 120 valence electrons. The summed E-state index contributed by atoms with van der Waals surface area (Å²) in [4.78, 5) is 0. The first kappa shape index (κ1) is 18.1. The van der Waals surface area contributed by atoms with Gasteiger partial charge in [0.1, 0.15) is 11.6 Å². The Bertz CT molecular complexity index is 526. The molecule has 0 radical (unpaired) electrons. The van der Waals surface area contributed by atoms with E-state index in [0.717, 1.165) is 6.07 Å². The highest BCUT2D eigenvalue weighted by Crippen LogP contribution is 2.58. The van der Waals surface area contributed by atoms with E-state index in [4.69, 9.17) is 14.8 Å². The molecule has 0 aliphatic carbocycles. The van der Waals surface area contributed by atoms with Gasteiger partial charge in [-0.05, 0) is 37.6 Å². The molecular formula is C12H16F4NO3P. The van der Waals surface area contributed by atoms with Crippen molar-refractivity contribution in [3.8, 4) is 0 Å². The Morgan fingerprint density at radius 3 is 2.14 bits per heavy atom. The van der Waals surface area contributed by atoms with Crippen LogP contribution in [0.3, 0.4) is 0 Å². The number of alkyl halides is 3. The molecule has 0 fully saturated rings. The van der Waals surface area contributed by atoms with Crippen molar-refractivity contribution in [1.82, 2.24) is 0 Å². The van der Waals surface area contributed by atoms with Crippen LogP contribution in [0.5, 0.6) is 0 Å². The van der Waals surface area contributed by atoms with Crippen LogP contribution in [0.2, 0.25) is 0 Å². The molecule has 1 aromatic carbocycles. The highest BCUT2D eigenvalue weighted by atomic mass is 31.2. The first-order chi connectivity index (χ1) is 9.64. The van der Waals surface area contributed by atoms with E-state index in [1.165, 1.54) is 13.8 Å². The Morgan fingerprint density at radius 2 is 1.71 bits per heavy atom. The van der Waals surface area contributed by atoms with Gasteiger partial charge in [0.25, 0.3) is 0 Å². The lowest BCUT2D eigenvalue weighted by molar-refractivity contribution is -0.137. The first-order valence-corrected chi connectivity index (χ1v) is 7.77. The summed E-state index contributed by atoms with van der Waals surface area (Å²) in [5.41, 5.74) is 4.17. The molecule has 0 aliphatic rings. The summed E-state index contributed by atoms with van der Waals surface area (Å²) in [6.07, 6.45) is -4.74. The van der Waals surface area contributed by atoms with Crippen molar-refractivity contribution in [3.63, 3.8) is 0 Å². The Kier molecular flexibility index (Phi) is 5.92. The molecule has 9 heteroatoms. The smallest absolute Gasteiger partial charge is 0.314 e. The molecule has 0 aromatic heterocycles. The molecule has 0 aliphatic heterocycles. The zero-order valence-corrected chi connectivity index (χ0v) is 12.4. The van der Waals surface area contributed by atoms with Gasteiger partial charge in [0, 0.05) is 0 Å². The molecule has 1 rings (SSSR count). The molecule has 2 N–H and O–H groups in total. The molecule has 0 saturated heterocycles. The van der Waals surface area contributed by atoms with Crippen LogP contribution >= 0.6 is 7.60 Å². The summed E-state index contributed by atoms with van der Waals surface area (Å²) in [5.74, 6) is -2.64. The second-order valence-corrected chi connectivity index (χ2v) is 6.24. The molecule has 0 unspecified atom stereocenters. The molecular weight excluding hydrogens is 313 g/mol. The zero-order valence-electron chi connectivity index (χ0n) is 11.5. The number of hydrogen-bond donors (Lipinski definition) is 1.